The number of likely N-dealkylation sites (tertiary alicyclic amines) is 2. The van der Waals surface area contributed by atoms with Crippen LogP contribution in [0.25, 0.3) is 0 Å². The Bertz CT molecular complexity index is 694. The first-order valence-electron chi connectivity index (χ1n) is 9.92. The molecule has 3 aliphatic rings. The van der Waals surface area contributed by atoms with Crippen molar-refractivity contribution in [3.8, 4) is 11.5 Å². The van der Waals surface area contributed by atoms with Gasteiger partial charge in [-0.3, -0.25) is 4.79 Å². The summed E-state index contributed by atoms with van der Waals surface area (Å²) in [5, 5.41) is 2.92. The standard InChI is InChI=1S/C20H27N3O4/c24-19(22-8-2-1-3-9-22)12-15-6-10-23(11-7-15)20(25)21-16-4-5-17-18(13-16)27-14-26-17/h4-5,13,15H,1-3,6-12,14H2,(H,21,25). The fourth-order valence-corrected chi connectivity index (χ4v) is 4.04. The average molecular weight is 373 g/mol. The van der Waals surface area contributed by atoms with Gasteiger partial charge in [-0.2, -0.15) is 0 Å². The number of nitrogens with zero attached hydrogens (tertiary/aromatic N) is 2. The van der Waals surface area contributed by atoms with Crippen molar-refractivity contribution in [1.29, 1.82) is 0 Å². The van der Waals surface area contributed by atoms with Crippen LogP contribution >= 0.6 is 0 Å². The lowest BCUT2D eigenvalue weighted by Gasteiger charge is -2.33. The monoisotopic (exact) mass is 373 g/mol. The van der Waals surface area contributed by atoms with Crippen LogP contribution in [-0.2, 0) is 4.79 Å². The van der Waals surface area contributed by atoms with E-state index < -0.39 is 0 Å². The molecule has 3 heterocycles. The number of rotatable bonds is 3. The summed E-state index contributed by atoms with van der Waals surface area (Å²) in [6.07, 6.45) is 5.88. The van der Waals surface area contributed by atoms with Crippen molar-refractivity contribution < 1.29 is 19.1 Å². The van der Waals surface area contributed by atoms with E-state index >= 15 is 0 Å². The van der Waals surface area contributed by atoms with Crippen molar-refractivity contribution in [2.45, 2.75) is 38.5 Å². The Morgan fingerprint density at radius 1 is 0.963 bits per heavy atom. The van der Waals surface area contributed by atoms with Gasteiger partial charge in [-0.25, -0.2) is 4.79 Å². The van der Waals surface area contributed by atoms with E-state index in [-0.39, 0.29) is 18.7 Å². The van der Waals surface area contributed by atoms with E-state index in [0.717, 1.165) is 38.8 Å². The number of anilines is 1. The minimum absolute atomic E-state index is 0.102. The summed E-state index contributed by atoms with van der Waals surface area (Å²) in [4.78, 5) is 28.8. The SMILES string of the molecule is O=C(CC1CCN(C(=O)Nc2ccc3c(c2)OCO3)CC1)N1CCCCC1. The number of fused-ring (bicyclic) bond motifs is 1. The van der Waals surface area contributed by atoms with Gasteiger partial charge in [0.25, 0.3) is 0 Å². The van der Waals surface area contributed by atoms with Crippen LogP contribution in [0, 0.1) is 5.92 Å². The predicted molar refractivity (Wildman–Crippen MR) is 101 cm³/mol. The van der Waals surface area contributed by atoms with Crippen molar-refractivity contribution in [1.82, 2.24) is 9.80 Å². The van der Waals surface area contributed by atoms with E-state index in [1.165, 1.54) is 6.42 Å². The number of amides is 3. The molecule has 3 amide bonds. The maximum atomic E-state index is 12.5. The van der Waals surface area contributed by atoms with Crippen molar-refractivity contribution >= 4 is 17.6 Å². The fraction of sp³-hybridized carbons (Fsp3) is 0.600. The number of ether oxygens (including phenoxy) is 2. The molecule has 27 heavy (non-hydrogen) atoms. The molecule has 0 aromatic heterocycles. The molecule has 2 saturated heterocycles. The second-order valence-corrected chi connectivity index (χ2v) is 7.57. The molecule has 2 fully saturated rings. The minimum Gasteiger partial charge on any atom is -0.454 e. The van der Waals surface area contributed by atoms with Gasteiger partial charge in [0, 0.05) is 44.4 Å². The smallest absolute Gasteiger partial charge is 0.321 e. The summed E-state index contributed by atoms with van der Waals surface area (Å²) in [5.41, 5.74) is 0.701. The first-order valence-corrected chi connectivity index (χ1v) is 9.92. The molecule has 7 nitrogen and oxygen atoms in total. The third-order valence-electron chi connectivity index (χ3n) is 5.70. The number of benzene rings is 1. The van der Waals surface area contributed by atoms with Crippen LogP contribution in [0.15, 0.2) is 18.2 Å². The molecule has 7 heteroatoms. The highest BCUT2D eigenvalue weighted by molar-refractivity contribution is 5.89. The van der Waals surface area contributed by atoms with Gasteiger partial charge in [0.1, 0.15) is 0 Å². The molecule has 146 valence electrons. The summed E-state index contributed by atoms with van der Waals surface area (Å²) in [6.45, 7) is 3.42. The predicted octanol–water partition coefficient (Wildman–Crippen LogP) is 3.06. The van der Waals surface area contributed by atoms with Crippen LogP contribution in [0.1, 0.15) is 38.5 Å². The quantitative estimate of drug-likeness (QED) is 0.884. The van der Waals surface area contributed by atoms with Gasteiger partial charge >= 0.3 is 6.03 Å². The van der Waals surface area contributed by atoms with Crippen LogP contribution in [-0.4, -0.2) is 54.7 Å². The highest BCUT2D eigenvalue weighted by atomic mass is 16.7. The van der Waals surface area contributed by atoms with Crippen LogP contribution in [0.3, 0.4) is 0 Å². The molecule has 0 radical (unpaired) electrons. The second kappa shape index (κ2) is 8.06. The number of carbonyl (C=O) groups excluding carboxylic acids is 2. The van der Waals surface area contributed by atoms with Crippen LogP contribution in [0.5, 0.6) is 11.5 Å². The van der Waals surface area contributed by atoms with E-state index in [2.05, 4.69) is 5.32 Å². The molecule has 0 spiro atoms. The summed E-state index contributed by atoms with van der Waals surface area (Å²) in [7, 11) is 0. The zero-order valence-corrected chi connectivity index (χ0v) is 15.6. The molecule has 4 rings (SSSR count). The lowest BCUT2D eigenvalue weighted by molar-refractivity contribution is -0.133. The number of piperidine rings is 2. The fourth-order valence-electron chi connectivity index (χ4n) is 4.04. The highest BCUT2D eigenvalue weighted by Gasteiger charge is 2.27. The number of hydrogen-bond acceptors (Lipinski definition) is 4. The van der Waals surface area contributed by atoms with Crippen molar-refractivity contribution in [2.24, 2.45) is 5.92 Å². The molecular formula is C20H27N3O4. The summed E-state index contributed by atoms with van der Waals surface area (Å²) in [6, 6.07) is 5.30. The Morgan fingerprint density at radius 3 is 2.48 bits per heavy atom. The molecule has 0 unspecified atom stereocenters. The largest absolute Gasteiger partial charge is 0.454 e. The van der Waals surface area contributed by atoms with E-state index in [1.54, 1.807) is 12.1 Å². The zero-order chi connectivity index (χ0) is 18.6. The molecule has 1 aromatic rings. The molecule has 1 N–H and O–H groups in total. The number of urea groups is 1. The number of carbonyl (C=O) groups is 2. The first-order chi connectivity index (χ1) is 13.2. The molecule has 0 saturated carbocycles. The highest BCUT2D eigenvalue weighted by Crippen LogP contribution is 2.34. The Balaban J connectivity index is 1.24. The van der Waals surface area contributed by atoms with Gasteiger partial charge in [-0.05, 0) is 50.2 Å². The minimum atomic E-state index is -0.102. The Morgan fingerprint density at radius 2 is 1.70 bits per heavy atom. The van der Waals surface area contributed by atoms with Crippen LogP contribution < -0.4 is 14.8 Å². The Hall–Kier alpha value is -2.44. The molecule has 0 bridgehead atoms. The Kier molecular flexibility index (Phi) is 5.36. The lowest BCUT2D eigenvalue weighted by atomic mass is 9.93. The van der Waals surface area contributed by atoms with E-state index in [4.69, 9.17) is 9.47 Å². The Labute approximate surface area is 159 Å². The molecule has 1 aromatic carbocycles. The number of hydrogen-bond donors (Lipinski definition) is 1. The average Bonchev–Trinajstić information content (AvgIpc) is 3.17. The van der Waals surface area contributed by atoms with Gasteiger partial charge in [0.05, 0.1) is 0 Å². The van der Waals surface area contributed by atoms with Gasteiger partial charge in [-0.1, -0.05) is 0 Å². The van der Waals surface area contributed by atoms with Gasteiger partial charge in [-0.15, -0.1) is 0 Å². The van der Waals surface area contributed by atoms with Crippen LogP contribution in [0.4, 0.5) is 10.5 Å². The molecular weight excluding hydrogens is 346 g/mol. The zero-order valence-electron chi connectivity index (χ0n) is 15.6. The summed E-state index contributed by atoms with van der Waals surface area (Å²) in [5.74, 6) is 2.03. The van der Waals surface area contributed by atoms with Crippen molar-refractivity contribution in [3.63, 3.8) is 0 Å². The van der Waals surface area contributed by atoms with Gasteiger partial charge in [0.2, 0.25) is 12.7 Å². The van der Waals surface area contributed by atoms with E-state index in [9.17, 15) is 9.59 Å². The topological polar surface area (TPSA) is 71.1 Å². The summed E-state index contributed by atoms with van der Waals surface area (Å²) >= 11 is 0. The molecule has 3 aliphatic heterocycles. The van der Waals surface area contributed by atoms with E-state index in [0.29, 0.717) is 42.6 Å². The normalized spacial score (nSPS) is 19.9. The van der Waals surface area contributed by atoms with E-state index in [1.807, 2.05) is 15.9 Å². The lowest BCUT2D eigenvalue weighted by Crippen LogP contribution is -2.42. The molecule has 0 aliphatic carbocycles. The van der Waals surface area contributed by atoms with Crippen LogP contribution in [0.2, 0.25) is 0 Å². The maximum absolute atomic E-state index is 12.5. The third-order valence-corrected chi connectivity index (χ3v) is 5.70. The summed E-state index contributed by atoms with van der Waals surface area (Å²) < 4.78 is 10.6. The van der Waals surface area contributed by atoms with Gasteiger partial charge in [0.15, 0.2) is 11.5 Å². The maximum Gasteiger partial charge on any atom is 0.321 e. The third kappa shape index (κ3) is 4.28. The van der Waals surface area contributed by atoms with Crippen molar-refractivity contribution in [3.05, 3.63) is 18.2 Å². The van der Waals surface area contributed by atoms with Crippen molar-refractivity contribution in [2.75, 3.05) is 38.3 Å². The molecule has 0 atom stereocenters. The second-order valence-electron chi connectivity index (χ2n) is 7.57. The number of nitrogens with one attached hydrogen (secondary N) is 1. The first kappa shape index (κ1) is 17.9. The van der Waals surface area contributed by atoms with Gasteiger partial charge < -0.3 is 24.6 Å².